The van der Waals surface area contributed by atoms with Crippen molar-refractivity contribution in [2.45, 2.75) is 102 Å². The van der Waals surface area contributed by atoms with Crippen molar-refractivity contribution in [3.8, 4) is 11.3 Å². The number of fused-ring (bicyclic) bond motifs is 1. The van der Waals surface area contributed by atoms with Crippen LogP contribution in [0.25, 0.3) is 21.3 Å². The zero-order valence-corrected chi connectivity index (χ0v) is 24.6. The van der Waals surface area contributed by atoms with E-state index in [0.717, 1.165) is 30.6 Å². The first-order valence-electron chi connectivity index (χ1n) is 13.7. The number of carboxylic acid groups (broad SMARTS) is 1. The molecule has 0 atom stereocenters. The first-order valence-corrected chi connectivity index (χ1v) is 15.4. The van der Waals surface area contributed by atoms with Crippen molar-refractivity contribution >= 4 is 45.8 Å². The largest absolute Gasteiger partial charge is 0.483 e. The molecule has 2 aliphatic rings. The molecule has 0 radical (unpaired) electrons. The lowest BCUT2D eigenvalue weighted by atomic mass is 9.89. The van der Waals surface area contributed by atoms with Crippen LogP contribution in [0.15, 0.2) is 34.5 Å². The highest BCUT2D eigenvalue weighted by Crippen LogP contribution is 2.40. The second-order valence-electron chi connectivity index (χ2n) is 11.6. The lowest BCUT2D eigenvalue weighted by Gasteiger charge is -2.26. The molecule has 0 spiro atoms. The molecule has 0 unspecified atom stereocenters. The minimum absolute atomic E-state index is 0.0419. The summed E-state index contributed by atoms with van der Waals surface area (Å²) in [5.74, 6) is 0.792. The summed E-state index contributed by atoms with van der Waals surface area (Å²) in [6, 6.07) is 9.27. The number of nitrogens with one attached hydrogen (secondary N) is 2. The van der Waals surface area contributed by atoms with E-state index in [-0.39, 0.29) is 17.9 Å². The summed E-state index contributed by atoms with van der Waals surface area (Å²) < 4.78 is 7.33. The van der Waals surface area contributed by atoms with E-state index in [1.165, 1.54) is 64.8 Å². The van der Waals surface area contributed by atoms with Gasteiger partial charge in [0, 0.05) is 44.4 Å². The van der Waals surface area contributed by atoms with E-state index in [1.54, 1.807) is 23.3 Å². The van der Waals surface area contributed by atoms with E-state index < -0.39 is 0 Å². The minimum atomic E-state index is -0.250. The lowest BCUT2D eigenvalue weighted by molar-refractivity contribution is -0.122. The molecule has 2 heterocycles. The number of thiophene rings is 1. The van der Waals surface area contributed by atoms with Gasteiger partial charge in [-0.2, -0.15) is 0 Å². The Morgan fingerprint density at radius 1 is 1.13 bits per heavy atom. The molecule has 0 aliphatic heterocycles. The Hall–Kier alpha value is -2.29. The maximum absolute atomic E-state index is 13.3. The summed E-state index contributed by atoms with van der Waals surface area (Å²) in [5, 5.41) is 13.7. The average Bonchev–Trinajstić information content (AvgIpc) is 3.46. The third kappa shape index (κ3) is 6.82. The van der Waals surface area contributed by atoms with Crippen molar-refractivity contribution in [1.82, 2.24) is 14.6 Å². The maximum atomic E-state index is 13.3. The summed E-state index contributed by atoms with van der Waals surface area (Å²) in [6.07, 6.45) is 10.1. The summed E-state index contributed by atoms with van der Waals surface area (Å²) >= 11 is 3.52. The fraction of sp³-hybridized carbons (Fsp3) is 0.533. The number of amides is 1. The van der Waals surface area contributed by atoms with Gasteiger partial charge < -0.3 is 15.0 Å². The van der Waals surface area contributed by atoms with Crippen LogP contribution in [-0.4, -0.2) is 33.6 Å². The monoisotopic (exact) mass is 555 g/mol. The molecule has 1 amide bonds. The first kappa shape index (κ1) is 28.7. The zero-order valence-electron chi connectivity index (χ0n) is 23.0. The maximum Gasteiger partial charge on any atom is 0.290 e. The third-order valence-corrected chi connectivity index (χ3v) is 9.77. The summed E-state index contributed by atoms with van der Waals surface area (Å²) in [5.41, 5.74) is 4.44. The van der Waals surface area contributed by atoms with Gasteiger partial charge in [-0.1, -0.05) is 25.3 Å². The van der Waals surface area contributed by atoms with Crippen molar-refractivity contribution in [3.05, 3.63) is 40.9 Å². The molecule has 0 saturated heterocycles. The Balaban J connectivity index is 0.00000107. The number of rotatable bonds is 7. The highest BCUT2D eigenvalue weighted by molar-refractivity contribution is 7.97. The van der Waals surface area contributed by atoms with Gasteiger partial charge in [-0.3, -0.25) is 14.3 Å². The third-order valence-electron chi connectivity index (χ3n) is 7.54. The van der Waals surface area contributed by atoms with E-state index in [9.17, 15) is 4.79 Å². The van der Waals surface area contributed by atoms with Gasteiger partial charge in [-0.05, 0) is 101 Å². The molecule has 38 heavy (non-hydrogen) atoms. The number of hydrogen-bond acceptors (Lipinski definition) is 5. The van der Waals surface area contributed by atoms with Crippen LogP contribution in [0.2, 0.25) is 0 Å². The molecule has 8 heteroatoms. The Labute approximate surface area is 234 Å². The minimum Gasteiger partial charge on any atom is -0.483 e. The molecule has 5 rings (SSSR count). The Kier molecular flexibility index (Phi) is 9.60. The normalized spacial score (nSPS) is 16.5. The van der Waals surface area contributed by atoms with Crippen LogP contribution in [-0.2, 0) is 11.3 Å². The number of aromatic nitrogens is 1. The quantitative estimate of drug-likeness (QED) is 0.206. The van der Waals surface area contributed by atoms with Crippen LogP contribution < -0.4 is 10.0 Å². The zero-order chi connectivity index (χ0) is 27.3. The highest BCUT2D eigenvalue weighted by atomic mass is 32.2. The van der Waals surface area contributed by atoms with Crippen molar-refractivity contribution in [2.75, 3.05) is 0 Å². The van der Waals surface area contributed by atoms with Crippen LogP contribution in [0.1, 0.15) is 88.2 Å². The molecule has 2 saturated carbocycles. The van der Waals surface area contributed by atoms with Crippen molar-refractivity contribution in [1.29, 1.82) is 0 Å². The van der Waals surface area contributed by atoms with Crippen molar-refractivity contribution in [2.24, 2.45) is 5.92 Å². The average molecular weight is 556 g/mol. The molecule has 2 fully saturated rings. The van der Waals surface area contributed by atoms with Gasteiger partial charge in [0.2, 0.25) is 0 Å². The van der Waals surface area contributed by atoms with Crippen LogP contribution in [0.4, 0.5) is 0 Å². The Bertz CT molecular complexity index is 1250. The smallest absolute Gasteiger partial charge is 0.290 e. The van der Waals surface area contributed by atoms with E-state index in [1.807, 2.05) is 0 Å². The summed E-state index contributed by atoms with van der Waals surface area (Å²) in [6.45, 7) is 9.47. The van der Waals surface area contributed by atoms with Crippen LogP contribution in [0.3, 0.4) is 0 Å². The fourth-order valence-corrected chi connectivity index (χ4v) is 7.15. The molecule has 2 aromatic heterocycles. The van der Waals surface area contributed by atoms with Gasteiger partial charge in [0.25, 0.3) is 12.4 Å². The molecule has 206 valence electrons. The Morgan fingerprint density at radius 3 is 2.47 bits per heavy atom. The molecule has 6 nitrogen and oxygen atoms in total. The number of benzene rings is 1. The number of carbonyl (C=O) groups excluding carboxylic acids is 1. The number of nitrogens with zero attached hydrogens (tertiary/aromatic N) is 1. The van der Waals surface area contributed by atoms with Crippen LogP contribution in [0.5, 0.6) is 0 Å². The summed E-state index contributed by atoms with van der Waals surface area (Å²) in [4.78, 5) is 22.9. The highest BCUT2D eigenvalue weighted by Gasteiger charge is 2.26. The standard InChI is InChI=1S/C29H39N3OS2.CH2O2/c1-19-24(28(33)30-21-11-8-12-21)17-25(32(19)18-20-9-6-5-7-10-20)22-13-14-26(35-31-29(2,3)4)23-15-16-34-27(22)23;2-1-3/h13-17,20-21,31H,5-12,18H2,1-4H3,(H,30,33);1H,(H,2,3). The van der Waals surface area contributed by atoms with E-state index in [2.05, 4.69) is 71.9 Å². The van der Waals surface area contributed by atoms with Crippen LogP contribution in [0, 0.1) is 12.8 Å². The molecule has 3 aromatic rings. The van der Waals surface area contributed by atoms with Gasteiger partial charge >= 0.3 is 0 Å². The molecular weight excluding hydrogens is 514 g/mol. The molecule has 0 bridgehead atoms. The van der Waals surface area contributed by atoms with Gasteiger partial charge in [0.1, 0.15) is 0 Å². The Morgan fingerprint density at radius 2 is 1.84 bits per heavy atom. The fourth-order valence-electron chi connectivity index (χ4n) is 5.31. The molecule has 2 aliphatic carbocycles. The van der Waals surface area contributed by atoms with E-state index in [0.29, 0.717) is 12.0 Å². The van der Waals surface area contributed by atoms with E-state index >= 15 is 0 Å². The lowest BCUT2D eigenvalue weighted by Crippen LogP contribution is -2.39. The van der Waals surface area contributed by atoms with Crippen molar-refractivity contribution in [3.63, 3.8) is 0 Å². The van der Waals surface area contributed by atoms with Gasteiger partial charge in [-0.25, -0.2) is 0 Å². The van der Waals surface area contributed by atoms with Crippen LogP contribution >= 0.6 is 23.3 Å². The SMILES string of the molecule is Cc1c(C(=O)NC2CCC2)cc(-c2ccc(SNC(C)(C)C)c3ccsc23)n1CC1CCCCC1.O=CO. The first-order chi connectivity index (χ1) is 18.2. The number of hydrogen-bond donors (Lipinski definition) is 3. The summed E-state index contributed by atoms with van der Waals surface area (Å²) in [7, 11) is 0. The van der Waals surface area contributed by atoms with Gasteiger partial charge in [0.05, 0.1) is 11.3 Å². The van der Waals surface area contributed by atoms with Crippen molar-refractivity contribution < 1.29 is 14.7 Å². The predicted octanol–water partition coefficient (Wildman–Crippen LogP) is 7.64. The predicted molar refractivity (Wildman–Crippen MR) is 159 cm³/mol. The molecule has 3 N–H and O–H groups in total. The molecule has 1 aromatic carbocycles. The topological polar surface area (TPSA) is 83.4 Å². The van der Waals surface area contributed by atoms with Gasteiger partial charge in [-0.15, -0.1) is 11.3 Å². The van der Waals surface area contributed by atoms with E-state index in [4.69, 9.17) is 9.90 Å². The van der Waals surface area contributed by atoms with Gasteiger partial charge in [0.15, 0.2) is 0 Å². The molecular formula is C30H41N3O3S2. The second kappa shape index (κ2) is 12.7. The second-order valence-corrected chi connectivity index (χ2v) is 13.3. The number of carbonyl (C=O) groups is 2.